The van der Waals surface area contributed by atoms with Crippen molar-refractivity contribution in [2.45, 2.75) is 124 Å². The Bertz CT molecular complexity index is 1550. The molecule has 0 radical (unpaired) electrons. The highest BCUT2D eigenvalue weighted by Gasteiger charge is 2.59. The zero-order valence-electron chi connectivity index (χ0n) is 32.4. The Balaban J connectivity index is 1.97. The van der Waals surface area contributed by atoms with Crippen molar-refractivity contribution in [1.29, 1.82) is 0 Å². The minimum absolute atomic E-state index is 0.0492. The van der Waals surface area contributed by atoms with E-state index in [-0.39, 0.29) is 44.5 Å². The molecule has 3 rings (SSSR count). The van der Waals surface area contributed by atoms with Crippen molar-refractivity contribution in [1.82, 2.24) is 9.80 Å². The molecule has 0 bridgehead atoms. The fraction of sp³-hybridized carbons (Fsp3) is 0.615. The third-order valence-corrected chi connectivity index (χ3v) is 11.6. The summed E-state index contributed by atoms with van der Waals surface area (Å²) in [6.45, 7) is 20.2. The van der Waals surface area contributed by atoms with Gasteiger partial charge in [0.2, 0.25) is 7.37 Å². The molecule has 10 nitrogen and oxygen atoms in total. The van der Waals surface area contributed by atoms with Crippen LogP contribution in [0.2, 0.25) is 0 Å². The zero-order chi connectivity index (χ0) is 38.4. The van der Waals surface area contributed by atoms with E-state index in [4.69, 9.17) is 18.7 Å². The predicted molar refractivity (Wildman–Crippen MR) is 198 cm³/mol. The van der Waals surface area contributed by atoms with Crippen LogP contribution in [0.5, 0.6) is 0 Å². The van der Waals surface area contributed by atoms with E-state index in [1.165, 1.54) is 12.1 Å². The Labute approximate surface area is 303 Å². The normalized spacial score (nSPS) is 20.1. The van der Waals surface area contributed by atoms with Crippen LogP contribution in [0.4, 0.5) is 14.0 Å². The minimum atomic E-state index is -3.65. The third kappa shape index (κ3) is 11.9. The number of aryl methyl sites for hydroxylation is 1. The molecule has 0 spiro atoms. The van der Waals surface area contributed by atoms with Gasteiger partial charge >= 0.3 is 18.2 Å². The molecule has 2 aromatic carbocycles. The van der Waals surface area contributed by atoms with Crippen molar-refractivity contribution in [2.75, 3.05) is 32.4 Å². The van der Waals surface area contributed by atoms with Gasteiger partial charge in [0.05, 0.1) is 6.61 Å². The molecule has 2 aromatic rings. The van der Waals surface area contributed by atoms with E-state index in [2.05, 4.69) is 4.90 Å². The summed E-state index contributed by atoms with van der Waals surface area (Å²) in [5.74, 6) is -0.978. The number of halogens is 1. The summed E-state index contributed by atoms with van der Waals surface area (Å²) < 4.78 is 52.5. The number of unbranched alkanes of at least 4 members (excludes halogenated alkanes) is 1. The molecule has 0 aromatic heterocycles. The van der Waals surface area contributed by atoms with E-state index in [1.54, 1.807) is 75.3 Å². The molecule has 2 amide bonds. The van der Waals surface area contributed by atoms with E-state index in [0.29, 0.717) is 19.5 Å². The Morgan fingerprint density at radius 1 is 0.863 bits per heavy atom. The average Bonchev–Trinajstić information content (AvgIpc) is 2.97. The van der Waals surface area contributed by atoms with Gasteiger partial charge in [-0.2, -0.15) is 0 Å². The molecule has 2 atom stereocenters. The molecule has 0 aliphatic carbocycles. The molecular formula is C39H58FN2O8P. The van der Waals surface area contributed by atoms with Gasteiger partial charge in [-0.1, -0.05) is 35.9 Å². The van der Waals surface area contributed by atoms with Gasteiger partial charge in [0.25, 0.3) is 0 Å². The number of rotatable bonds is 11. The highest BCUT2D eigenvalue weighted by Crippen LogP contribution is 2.64. The number of hydrogen-bond donors (Lipinski definition) is 0. The Kier molecular flexibility index (Phi) is 13.7. The summed E-state index contributed by atoms with van der Waals surface area (Å²) >= 11 is 0. The van der Waals surface area contributed by atoms with Crippen LogP contribution in [0.3, 0.4) is 0 Å². The SMILES string of the molecule is CCOP1(=O)CCN(Cc2ccc(F)cc2-c2ccc(C)cc2)C[C@@]1(CCCCN(C(=O)OC(C)(C)C)C(=O)OC(C)(C)C)C(=O)OC(C)(C)C. The first-order valence-corrected chi connectivity index (χ1v) is 19.6. The molecule has 1 unspecified atom stereocenters. The molecule has 1 saturated heterocycles. The number of carbonyl (C=O) groups is 3. The maximum Gasteiger partial charge on any atom is 0.419 e. The highest BCUT2D eigenvalue weighted by atomic mass is 31.2. The van der Waals surface area contributed by atoms with Crippen LogP contribution < -0.4 is 0 Å². The molecular weight excluding hydrogens is 674 g/mol. The molecule has 1 heterocycles. The van der Waals surface area contributed by atoms with E-state index in [9.17, 15) is 23.3 Å². The zero-order valence-corrected chi connectivity index (χ0v) is 33.3. The van der Waals surface area contributed by atoms with Gasteiger partial charge in [0.15, 0.2) is 5.16 Å². The van der Waals surface area contributed by atoms with Crippen LogP contribution in [0, 0.1) is 12.7 Å². The second kappa shape index (κ2) is 16.6. The smallest absolute Gasteiger partial charge is 0.419 e. The second-order valence-corrected chi connectivity index (χ2v) is 19.2. The lowest BCUT2D eigenvalue weighted by molar-refractivity contribution is -0.160. The Morgan fingerprint density at radius 3 is 1.96 bits per heavy atom. The number of esters is 1. The lowest BCUT2D eigenvalue weighted by Gasteiger charge is -2.46. The largest absolute Gasteiger partial charge is 0.459 e. The van der Waals surface area contributed by atoms with Crippen LogP contribution in [0.25, 0.3) is 11.1 Å². The first-order valence-electron chi connectivity index (χ1n) is 17.8. The van der Waals surface area contributed by atoms with Gasteiger partial charge in [-0.25, -0.2) is 18.9 Å². The molecule has 1 fully saturated rings. The molecule has 51 heavy (non-hydrogen) atoms. The van der Waals surface area contributed by atoms with E-state index in [1.807, 2.05) is 31.2 Å². The molecule has 284 valence electrons. The van der Waals surface area contributed by atoms with Crippen LogP contribution in [-0.4, -0.2) is 82.3 Å². The van der Waals surface area contributed by atoms with Gasteiger partial charge in [-0.05, 0) is 124 Å². The number of amides is 2. The van der Waals surface area contributed by atoms with Crippen molar-refractivity contribution >= 4 is 25.5 Å². The summed E-state index contributed by atoms with van der Waals surface area (Å²) in [6.07, 6.45) is -0.886. The van der Waals surface area contributed by atoms with Crippen molar-refractivity contribution in [3.05, 3.63) is 59.4 Å². The molecule has 1 aliphatic rings. The summed E-state index contributed by atoms with van der Waals surface area (Å²) in [5.41, 5.74) is 0.975. The number of imide groups is 1. The van der Waals surface area contributed by atoms with Crippen LogP contribution in [-0.2, 0) is 34.6 Å². The molecule has 0 saturated carbocycles. The van der Waals surface area contributed by atoms with Gasteiger partial charge in [-0.15, -0.1) is 0 Å². The van der Waals surface area contributed by atoms with Gasteiger partial charge < -0.3 is 18.7 Å². The molecule has 0 N–H and O–H groups in total. The number of hydrogen-bond acceptors (Lipinski definition) is 9. The van der Waals surface area contributed by atoms with E-state index >= 15 is 0 Å². The fourth-order valence-corrected chi connectivity index (χ4v) is 9.02. The summed E-state index contributed by atoms with van der Waals surface area (Å²) in [6, 6.07) is 12.5. The quantitative estimate of drug-likeness (QED) is 0.0966. The fourth-order valence-electron chi connectivity index (χ4n) is 6.01. The van der Waals surface area contributed by atoms with Gasteiger partial charge in [0, 0.05) is 32.3 Å². The topological polar surface area (TPSA) is 112 Å². The first kappa shape index (κ1) is 42.1. The molecule has 12 heteroatoms. The minimum Gasteiger partial charge on any atom is -0.459 e. The van der Waals surface area contributed by atoms with Gasteiger partial charge in [0.1, 0.15) is 22.6 Å². The maximum absolute atomic E-state index is 14.9. The predicted octanol–water partition coefficient (Wildman–Crippen LogP) is 9.35. The Morgan fingerprint density at radius 2 is 1.43 bits per heavy atom. The highest BCUT2D eigenvalue weighted by molar-refractivity contribution is 7.62. The second-order valence-electron chi connectivity index (χ2n) is 16.3. The standard InChI is InChI=1S/C39H58FN2O8P/c1-12-47-51(46)24-23-41(26-30-19-20-31(40)25-32(30)29-17-15-28(2)16-18-29)27-39(51,33(43)48-36(3,4)5)21-13-14-22-42(34(44)49-37(6,7)8)35(45)50-38(9,10)11/h15-20,25H,12-14,21-24,26-27H2,1-11H3/t39-,51?/m0/s1. The lowest BCUT2D eigenvalue weighted by atomic mass is 9.96. The first-order chi connectivity index (χ1) is 23.5. The number of nitrogens with zero attached hydrogens (tertiary/aromatic N) is 2. The lowest BCUT2D eigenvalue weighted by Crippen LogP contribution is -2.56. The number of benzene rings is 2. The van der Waals surface area contributed by atoms with Crippen molar-refractivity contribution in [2.24, 2.45) is 0 Å². The number of ether oxygens (including phenoxy) is 3. The van der Waals surface area contributed by atoms with E-state index in [0.717, 1.165) is 27.2 Å². The van der Waals surface area contributed by atoms with Gasteiger partial charge in [-0.3, -0.25) is 14.3 Å². The molecule has 1 aliphatic heterocycles. The summed E-state index contributed by atoms with van der Waals surface area (Å²) in [7, 11) is -3.65. The number of carbonyl (C=O) groups excluding carboxylic acids is 3. The van der Waals surface area contributed by atoms with E-state index < -0.39 is 47.5 Å². The van der Waals surface area contributed by atoms with Crippen molar-refractivity contribution in [3.63, 3.8) is 0 Å². The maximum atomic E-state index is 14.9. The summed E-state index contributed by atoms with van der Waals surface area (Å²) in [5, 5.41) is -1.54. The van der Waals surface area contributed by atoms with Crippen molar-refractivity contribution < 1.29 is 42.1 Å². The van der Waals surface area contributed by atoms with Crippen LogP contribution >= 0.6 is 7.37 Å². The van der Waals surface area contributed by atoms with Crippen LogP contribution in [0.15, 0.2) is 42.5 Å². The monoisotopic (exact) mass is 732 g/mol. The Hall–Kier alpha value is -3.27. The van der Waals surface area contributed by atoms with Crippen molar-refractivity contribution in [3.8, 4) is 11.1 Å². The third-order valence-electron chi connectivity index (χ3n) is 8.24. The average molecular weight is 733 g/mol. The van der Waals surface area contributed by atoms with Crippen LogP contribution in [0.1, 0.15) is 99.6 Å². The summed E-state index contributed by atoms with van der Waals surface area (Å²) in [4.78, 5) is 43.5.